The van der Waals surface area contributed by atoms with Gasteiger partial charge in [0, 0.05) is 31.6 Å². The monoisotopic (exact) mass is 269 g/mol. The molecule has 0 aromatic carbocycles. The third-order valence-corrected chi connectivity index (χ3v) is 3.99. The van der Waals surface area contributed by atoms with E-state index in [1.165, 1.54) is 25.8 Å². The van der Waals surface area contributed by atoms with Crippen LogP contribution in [0.15, 0.2) is 0 Å². The molecule has 19 heavy (non-hydrogen) atoms. The molecular weight excluding hydrogens is 238 g/mol. The third-order valence-electron chi connectivity index (χ3n) is 3.99. The van der Waals surface area contributed by atoms with E-state index in [9.17, 15) is 4.79 Å². The maximum Gasteiger partial charge on any atom is 0.221 e. The minimum absolute atomic E-state index is 0.0205. The number of amides is 1. The van der Waals surface area contributed by atoms with Gasteiger partial charge in [0.05, 0.1) is 0 Å². The van der Waals surface area contributed by atoms with E-state index in [1.807, 2.05) is 0 Å². The quantitative estimate of drug-likeness (QED) is 0.662. The first-order chi connectivity index (χ1) is 9.13. The number of hydrogen-bond acceptors (Lipinski definition) is 3. The summed E-state index contributed by atoms with van der Waals surface area (Å²) in [6.45, 7) is 7.50. The van der Waals surface area contributed by atoms with Crippen molar-refractivity contribution in [1.82, 2.24) is 10.2 Å². The lowest BCUT2D eigenvalue weighted by Crippen LogP contribution is -2.39. The van der Waals surface area contributed by atoms with Crippen LogP contribution in [-0.4, -0.2) is 42.5 Å². The molecule has 0 aliphatic carbocycles. The molecule has 4 nitrogen and oxygen atoms in total. The first-order valence-electron chi connectivity index (χ1n) is 7.89. The highest BCUT2D eigenvalue weighted by Gasteiger charge is 2.17. The van der Waals surface area contributed by atoms with Gasteiger partial charge in [0.15, 0.2) is 0 Å². The predicted molar refractivity (Wildman–Crippen MR) is 80.0 cm³/mol. The number of carbonyl (C=O) groups is 1. The Kier molecular flexibility index (Phi) is 8.07. The first kappa shape index (κ1) is 16.4. The number of rotatable bonds is 8. The molecule has 0 bridgehead atoms. The van der Waals surface area contributed by atoms with Crippen LogP contribution in [0.25, 0.3) is 0 Å². The fourth-order valence-electron chi connectivity index (χ4n) is 2.78. The Labute approximate surface area is 118 Å². The van der Waals surface area contributed by atoms with Crippen molar-refractivity contribution in [2.75, 3.05) is 19.6 Å². The Balaban J connectivity index is 2.05. The van der Waals surface area contributed by atoms with Gasteiger partial charge in [0.2, 0.25) is 5.91 Å². The summed E-state index contributed by atoms with van der Waals surface area (Å²) in [5.74, 6) is 0.104. The first-order valence-corrected chi connectivity index (χ1v) is 7.89. The van der Waals surface area contributed by atoms with Gasteiger partial charge >= 0.3 is 0 Å². The minimum atomic E-state index is 0.0205. The molecule has 1 rings (SSSR count). The molecule has 0 radical (unpaired) electrons. The van der Waals surface area contributed by atoms with Crippen molar-refractivity contribution < 1.29 is 4.79 Å². The second kappa shape index (κ2) is 9.32. The van der Waals surface area contributed by atoms with Crippen molar-refractivity contribution in [2.24, 2.45) is 5.73 Å². The molecule has 1 saturated heterocycles. The summed E-state index contributed by atoms with van der Waals surface area (Å²) in [6, 6.07) is 0.731. The average Bonchev–Trinajstić information content (AvgIpc) is 2.36. The highest BCUT2D eigenvalue weighted by atomic mass is 16.1. The standard InChI is InChI=1S/C15H31N3O/c1-3-7-14(16)12-15(19)17-9-6-11-18-10-5-4-8-13(18)2/h13-14H,3-12,16H2,1-2H3,(H,17,19). The Morgan fingerprint density at radius 2 is 2.26 bits per heavy atom. The lowest BCUT2D eigenvalue weighted by molar-refractivity contribution is -0.121. The van der Waals surface area contributed by atoms with Crippen molar-refractivity contribution in [3.05, 3.63) is 0 Å². The molecule has 1 aliphatic rings. The zero-order valence-electron chi connectivity index (χ0n) is 12.7. The van der Waals surface area contributed by atoms with E-state index < -0.39 is 0 Å². The van der Waals surface area contributed by atoms with Crippen molar-refractivity contribution in [3.63, 3.8) is 0 Å². The maximum absolute atomic E-state index is 11.6. The second-order valence-corrected chi connectivity index (χ2v) is 5.84. The van der Waals surface area contributed by atoms with Gasteiger partial charge in [-0.3, -0.25) is 4.79 Å². The Morgan fingerprint density at radius 1 is 1.47 bits per heavy atom. The number of piperidine rings is 1. The molecule has 1 amide bonds. The molecule has 1 fully saturated rings. The van der Waals surface area contributed by atoms with Gasteiger partial charge < -0.3 is 16.0 Å². The molecule has 2 atom stereocenters. The highest BCUT2D eigenvalue weighted by molar-refractivity contribution is 5.76. The molecule has 1 heterocycles. The predicted octanol–water partition coefficient (Wildman–Crippen LogP) is 1.88. The normalized spacial score (nSPS) is 22.2. The van der Waals surface area contributed by atoms with Crippen LogP contribution >= 0.6 is 0 Å². The summed E-state index contributed by atoms with van der Waals surface area (Å²) in [4.78, 5) is 14.2. The van der Waals surface area contributed by atoms with Crippen LogP contribution in [-0.2, 0) is 4.79 Å². The molecule has 112 valence electrons. The molecule has 0 saturated carbocycles. The second-order valence-electron chi connectivity index (χ2n) is 5.84. The topological polar surface area (TPSA) is 58.4 Å². The SMILES string of the molecule is CCCC(N)CC(=O)NCCCN1CCCCC1C. The Bertz CT molecular complexity index is 258. The van der Waals surface area contributed by atoms with Gasteiger partial charge in [0.1, 0.15) is 0 Å². The molecule has 1 aliphatic heterocycles. The summed E-state index contributed by atoms with van der Waals surface area (Å²) in [7, 11) is 0. The largest absolute Gasteiger partial charge is 0.356 e. The van der Waals surface area contributed by atoms with Crippen molar-refractivity contribution in [1.29, 1.82) is 0 Å². The fourth-order valence-corrected chi connectivity index (χ4v) is 2.78. The van der Waals surface area contributed by atoms with E-state index in [0.717, 1.165) is 32.4 Å². The van der Waals surface area contributed by atoms with Gasteiger partial charge in [-0.05, 0) is 39.2 Å². The molecule has 2 unspecified atom stereocenters. The third kappa shape index (κ3) is 6.92. The van der Waals surface area contributed by atoms with Gasteiger partial charge in [-0.25, -0.2) is 0 Å². The fraction of sp³-hybridized carbons (Fsp3) is 0.933. The molecule has 0 aromatic heterocycles. The molecule has 3 N–H and O–H groups in total. The van der Waals surface area contributed by atoms with Crippen molar-refractivity contribution in [3.8, 4) is 0 Å². The van der Waals surface area contributed by atoms with E-state index in [0.29, 0.717) is 12.5 Å². The van der Waals surface area contributed by atoms with Crippen LogP contribution < -0.4 is 11.1 Å². The van der Waals surface area contributed by atoms with Gasteiger partial charge in [-0.15, -0.1) is 0 Å². The van der Waals surface area contributed by atoms with Crippen molar-refractivity contribution in [2.45, 2.75) is 70.9 Å². The van der Waals surface area contributed by atoms with Crippen LogP contribution in [0.5, 0.6) is 0 Å². The molecular formula is C15H31N3O. The molecule has 0 spiro atoms. The molecule has 0 aromatic rings. The summed E-state index contributed by atoms with van der Waals surface area (Å²) in [5.41, 5.74) is 5.86. The number of nitrogens with one attached hydrogen (secondary N) is 1. The number of carbonyl (C=O) groups excluding carboxylic acids is 1. The number of nitrogens with two attached hydrogens (primary N) is 1. The Hall–Kier alpha value is -0.610. The van der Waals surface area contributed by atoms with Gasteiger partial charge in [-0.2, -0.15) is 0 Å². The average molecular weight is 269 g/mol. The summed E-state index contributed by atoms with van der Waals surface area (Å²) < 4.78 is 0. The summed E-state index contributed by atoms with van der Waals surface area (Å²) >= 11 is 0. The lowest BCUT2D eigenvalue weighted by Gasteiger charge is -2.33. The van der Waals surface area contributed by atoms with Gasteiger partial charge in [0.25, 0.3) is 0 Å². The lowest BCUT2D eigenvalue weighted by atomic mass is 10.0. The van der Waals surface area contributed by atoms with Crippen LogP contribution in [0.4, 0.5) is 0 Å². The number of nitrogens with zero attached hydrogens (tertiary/aromatic N) is 1. The Morgan fingerprint density at radius 3 is 2.95 bits per heavy atom. The van der Waals surface area contributed by atoms with Gasteiger partial charge in [-0.1, -0.05) is 19.8 Å². The minimum Gasteiger partial charge on any atom is -0.356 e. The number of hydrogen-bond donors (Lipinski definition) is 2. The van der Waals surface area contributed by atoms with E-state index in [4.69, 9.17) is 5.73 Å². The van der Waals surface area contributed by atoms with Crippen LogP contribution in [0.3, 0.4) is 0 Å². The van der Waals surface area contributed by atoms with E-state index >= 15 is 0 Å². The zero-order valence-corrected chi connectivity index (χ0v) is 12.7. The summed E-state index contributed by atoms with van der Waals surface area (Å²) in [5, 5.41) is 2.98. The van der Waals surface area contributed by atoms with Crippen LogP contribution in [0, 0.1) is 0 Å². The zero-order chi connectivity index (χ0) is 14.1. The molecule has 4 heteroatoms. The van der Waals surface area contributed by atoms with E-state index in [-0.39, 0.29) is 11.9 Å². The van der Waals surface area contributed by atoms with E-state index in [1.54, 1.807) is 0 Å². The van der Waals surface area contributed by atoms with Crippen LogP contribution in [0.1, 0.15) is 58.8 Å². The maximum atomic E-state index is 11.6. The van der Waals surface area contributed by atoms with Crippen molar-refractivity contribution >= 4 is 5.91 Å². The van der Waals surface area contributed by atoms with E-state index in [2.05, 4.69) is 24.1 Å². The highest BCUT2D eigenvalue weighted by Crippen LogP contribution is 2.15. The smallest absolute Gasteiger partial charge is 0.221 e. The number of likely N-dealkylation sites (tertiary alicyclic amines) is 1. The summed E-state index contributed by atoms with van der Waals surface area (Å²) in [6.07, 6.45) is 7.48. The van der Waals surface area contributed by atoms with Crippen LogP contribution in [0.2, 0.25) is 0 Å².